The minimum absolute atomic E-state index is 0.0479. The van der Waals surface area contributed by atoms with Gasteiger partial charge in [0.25, 0.3) is 11.7 Å². The van der Waals surface area contributed by atoms with Gasteiger partial charge in [-0.25, -0.2) is 0 Å². The van der Waals surface area contributed by atoms with Crippen LogP contribution < -0.4 is 14.8 Å². The van der Waals surface area contributed by atoms with Crippen LogP contribution in [0.4, 0.5) is 5.69 Å². The molecule has 68 heavy (non-hydrogen) atoms. The first-order valence-corrected chi connectivity index (χ1v) is 22.9. The number of aliphatic hydroxyl groups is 2. The molecule has 0 aliphatic carbocycles. The fourth-order valence-corrected chi connectivity index (χ4v) is 9.23. The van der Waals surface area contributed by atoms with E-state index < -0.39 is 88.8 Å². The highest BCUT2D eigenvalue weighted by atomic mass is 16.7. The van der Waals surface area contributed by atoms with Gasteiger partial charge in [0.1, 0.15) is 29.1 Å². The highest BCUT2D eigenvalue weighted by Crippen LogP contribution is 2.55. The Hall–Kier alpha value is -6.14. The number of aliphatic hydroxyl groups excluding tert-OH is 2. The molecule has 1 saturated heterocycles. The molecule has 6 N–H and O–H groups in total. The number of hydrogen-bond acceptors (Lipinski definition) is 16. The maximum absolute atomic E-state index is 14.6. The molecule has 17 heteroatoms. The fourth-order valence-electron chi connectivity index (χ4n) is 9.23. The van der Waals surface area contributed by atoms with Crippen molar-refractivity contribution in [3.63, 3.8) is 0 Å². The zero-order valence-electron chi connectivity index (χ0n) is 40.5. The lowest BCUT2D eigenvalue weighted by molar-refractivity contribution is -0.160. The van der Waals surface area contributed by atoms with Gasteiger partial charge in [0.2, 0.25) is 0 Å². The molecule has 4 heterocycles. The van der Waals surface area contributed by atoms with Crippen LogP contribution in [0.3, 0.4) is 0 Å². The van der Waals surface area contributed by atoms with Crippen molar-refractivity contribution < 1.29 is 63.6 Å². The summed E-state index contributed by atoms with van der Waals surface area (Å²) in [6.07, 6.45) is 5.61. The number of amides is 1. The van der Waals surface area contributed by atoms with E-state index in [-0.39, 0.29) is 44.5 Å². The van der Waals surface area contributed by atoms with Crippen LogP contribution >= 0.6 is 0 Å². The molecule has 4 aliphatic rings. The molecule has 368 valence electrons. The van der Waals surface area contributed by atoms with Crippen molar-refractivity contribution in [2.75, 3.05) is 45.7 Å². The van der Waals surface area contributed by atoms with E-state index in [1.807, 2.05) is 29.3 Å². The number of phenols is 3. The third-order valence-corrected chi connectivity index (χ3v) is 13.5. The summed E-state index contributed by atoms with van der Waals surface area (Å²) in [4.78, 5) is 43.3. The minimum atomic E-state index is -2.07. The average molecular weight is 943 g/mol. The van der Waals surface area contributed by atoms with Crippen molar-refractivity contribution in [1.82, 2.24) is 9.91 Å². The summed E-state index contributed by atoms with van der Waals surface area (Å²) in [5, 5.41) is 67.9. The monoisotopic (exact) mass is 942 g/mol. The smallest absolute Gasteiger partial charge is 0.312 e. The molecular formula is C51H66N4O13. The second kappa shape index (κ2) is 21.4. The third kappa shape index (κ3) is 10.6. The van der Waals surface area contributed by atoms with Crippen LogP contribution in [0.25, 0.3) is 10.8 Å². The standard InChI is InChI=1S/C51H66N4O13/c1-27-13-11-14-28(2)50(63)53-41-36(25-52-55-21-12-20-54(22-23-55)26-34-15-17-35(64-9)18-16-34)45(60)38-39(46(41)61)44(59)32(6)48-40(38)49(62)51(8,68-48)66-24-19-37(65-10)29(3)47(67-33(7)56)31(5)43(58)30(4)42(27)57/h11,13-19,24-25,27,29-31,37,42-43,47,57-61H,12,20-23,26H2,1-10H3,(H,53,63)/t27-,29-,30+,31+,37-,42-,43+,47-,51-/m0/s1. The van der Waals surface area contributed by atoms with Gasteiger partial charge in [-0.2, -0.15) is 5.10 Å². The number of methoxy groups -OCH3 is 2. The van der Waals surface area contributed by atoms with E-state index in [1.165, 1.54) is 59.4 Å². The van der Waals surface area contributed by atoms with Gasteiger partial charge < -0.3 is 54.5 Å². The molecule has 3 aromatic rings. The SMILES string of the molecule is COc1ccc(CN2CCCN(N=Cc3c4c(O)c5c(O)c(C)c6c(c5c3O)C(=O)[C@@](C)(OC=C[C@H](OC)[C@H](C)[C@H](OC(C)=O)[C@H](C)[C@H](O)[C@H](C)[C@@H](O)[C@@H](C)C=CC=C(C)C(=O)N4)O6)CC2)cc1. The largest absolute Gasteiger partial charge is 0.507 e. The minimum Gasteiger partial charge on any atom is -0.507 e. The predicted molar refractivity (Wildman–Crippen MR) is 256 cm³/mol. The summed E-state index contributed by atoms with van der Waals surface area (Å²) in [7, 11) is 3.06. The molecule has 1 fully saturated rings. The van der Waals surface area contributed by atoms with Gasteiger partial charge in [-0.15, -0.1) is 0 Å². The topological polar surface area (TPSA) is 229 Å². The van der Waals surface area contributed by atoms with Crippen LogP contribution in [0.2, 0.25) is 0 Å². The molecule has 17 nitrogen and oxygen atoms in total. The molecule has 7 rings (SSSR count). The number of hydrogen-bond donors (Lipinski definition) is 6. The van der Waals surface area contributed by atoms with Crippen molar-refractivity contribution in [3.05, 3.63) is 82.7 Å². The number of carbonyl (C=O) groups excluding carboxylic acids is 3. The van der Waals surface area contributed by atoms with Crippen LogP contribution in [-0.4, -0.2) is 130 Å². The van der Waals surface area contributed by atoms with Crippen LogP contribution in [0.5, 0.6) is 28.7 Å². The highest BCUT2D eigenvalue weighted by molar-refractivity contribution is 6.23. The lowest BCUT2D eigenvalue weighted by Gasteiger charge is -2.38. The molecule has 0 spiro atoms. The number of rotatable bonds is 7. The first-order valence-electron chi connectivity index (χ1n) is 22.9. The molecule has 0 radical (unpaired) electrons. The number of esters is 1. The Morgan fingerprint density at radius 1 is 0.912 bits per heavy atom. The number of anilines is 1. The Morgan fingerprint density at radius 3 is 2.28 bits per heavy atom. The van der Waals surface area contributed by atoms with Crippen LogP contribution in [0, 0.1) is 30.6 Å². The van der Waals surface area contributed by atoms with E-state index in [2.05, 4.69) is 10.2 Å². The van der Waals surface area contributed by atoms with Gasteiger partial charge in [-0.05, 0) is 44.0 Å². The molecule has 0 aromatic heterocycles. The first-order chi connectivity index (χ1) is 32.2. The number of allylic oxidation sites excluding steroid dienone is 2. The summed E-state index contributed by atoms with van der Waals surface area (Å²) in [5.41, 5.74) is 0.723. The van der Waals surface area contributed by atoms with E-state index in [4.69, 9.17) is 28.8 Å². The second-order valence-electron chi connectivity index (χ2n) is 18.3. The lowest BCUT2D eigenvalue weighted by Crippen LogP contribution is -2.46. The van der Waals surface area contributed by atoms with Gasteiger partial charge in [-0.3, -0.25) is 24.3 Å². The molecular weight excluding hydrogens is 877 g/mol. The summed E-state index contributed by atoms with van der Waals surface area (Å²) in [6, 6.07) is 7.89. The molecule has 1 amide bonds. The summed E-state index contributed by atoms with van der Waals surface area (Å²) in [5.74, 6) is -7.71. The number of hydrazone groups is 1. The van der Waals surface area contributed by atoms with Gasteiger partial charge in [-0.1, -0.05) is 58.1 Å². The predicted octanol–water partition coefficient (Wildman–Crippen LogP) is 6.30. The van der Waals surface area contributed by atoms with E-state index in [0.29, 0.717) is 26.2 Å². The molecule has 3 aromatic carbocycles. The van der Waals surface area contributed by atoms with E-state index >= 15 is 0 Å². The third-order valence-electron chi connectivity index (χ3n) is 13.5. The summed E-state index contributed by atoms with van der Waals surface area (Å²) < 4.78 is 29.1. The average Bonchev–Trinajstić information content (AvgIpc) is 3.41. The first kappa shape index (κ1) is 51.3. The maximum Gasteiger partial charge on any atom is 0.312 e. The summed E-state index contributed by atoms with van der Waals surface area (Å²) in [6.45, 7) is 15.8. The Labute approximate surface area is 397 Å². The quantitative estimate of drug-likeness (QED) is 0.0661. The summed E-state index contributed by atoms with van der Waals surface area (Å²) >= 11 is 0. The maximum atomic E-state index is 14.6. The number of ether oxygens (including phenoxy) is 5. The van der Waals surface area contributed by atoms with Crippen molar-refractivity contribution in [3.8, 4) is 28.7 Å². The fraction of sp³-hybridized carbons (Fsp3) is 0.490. The molecule has 4 aliphatic heterocycles. The number of Topliss-reactive ketones (excluding diaryl/α,β-unsaturated/α-hetero) is 1. The van der Waals surface area contributed by atoms with Crippen molar-refractivity contribution in [2.24, 2.45) is 28.8 Å². The highest BCUT2D eigenvalue weighted by Gasteiger charge is 2.50. The zero-order chi connectivity index (χ0) is 49.8. The van der Waals surface area contributed by atoms with E-state index in [9.17, 15) is 39.9 Å². The molecule has 0 unspecified atom stereocenters. The number of nitrogens with one attached hydrogen (secondary N) is 1. The molecule has 5 bridgehead atoms. The number of fused-ring (bicyclic) bond motifs is 14. The van der Waals surface area contributed by atoms with Gasteiger partial charge in [0.05, 0.1) is 60.1 Å². The Balaban J connectivity index is 1.45. The number of aromatic hydroxyl groups is 3. The van der Waals surface area contributed by atoms with Crippen LogP contribution in [0.1, 0.15) is 81.9 Å². The van der Waals surface area contributed by atoms with Gasteiger partial charge in [0, 0.05) is 93.9 Å². The Morgan fingerprint density at radius 2 is 1.62 bits per heavy atom. The molecule has 0 saturated carbocycles. The normalized spacial score (nSPS) is 27.8. The lowest BCUT2D eigenvalue weighted by atomic mass is 9.78. The van der Waals surface area contributed by atoms with Gasteiger partial charge >= 0.3 is 11.8 Å². The number of carbonyl (C=O) groups is 3. The van der Waals surface area contributed by atoms with Crippen molar-refractivity contribution in [1.29, 1.82) is 0 Å². The Kier molecular flexibility index (Phi) is 16.2. The van der Waals surface area contributed by atoms with Crippen LogP contribution in [0.15, 0.2) is 65.5 Å². The van der Waals surface area contributed by atoms with E-state index in [1.54, 1.807) is 47.0 Å². The number of ketones is 1. The number of benzene rings is 3. The Bertz CT molecular complexity index is 2490. The zero-order valence-corrected chi connectivity index (χ0v) is 40.5. The van der Waals surface area contributed by atoms with Crippen molar-refractivity contribution >= 4 is 40.3 Å². The van der Waals surface area contributed by atoms with Gasteiger partial charge in [0.15, 0.2) is 5.75 Å². The second-order valence-corrected chi connectivity index (χ2v) is 18.3. The molecule has 9 atom stereocenters. The van der Waals surface area contributed by atoms with E-state index in [0.717, 1.165) is 24.3 Å². The number of phenolic OH excluding ortho intramolecular Hbond substituents is 3. The van der Waals surface area contributed by atoms with Crippen LogP contribution in [-0.2, 0) is 30.3 Å². The number of nitrogens with zero attached hydrogens (tertiary/aromatic N) is 3. The van der Waals surface area contributed by atoms with Crippen molar-refractivity contribution in [2.45, 2.75) is 98.6 Å².